The van der Waals surface area contributed by atoms with Crippen molar-refractivity contribution in [2.45, 2.75) is 6.42 Å². The number of morpholine rings is 1. The Morgan fingerprint density at radius 1 is 1.05 bits per heavy atom. The second-order valence-electron chi connectivity index (χ2n) is 10.3. The van der Waals surface area contributed by atoms with E-state index in [2.05, 4.69) is 42.3 Å². The minimum absolute atomic E-state index is 0.0928. The van der Waals surface area contributed by atoms with Gasteiger partial charge >= 0.3 is 0 Å². The van der Waals surface area contributed by atoms with Crippen LogP contribution in [-0.2, 0) is 4.74 Å². The molecular weight excluding hydrogens is 547 g/mol. The van der Waals surface area contributed by atoms with Crippen molar-refractivity contribution in [3.63, 3.8) is 0 Å². The minimum atomic E-state index is -0.448. The number of benzene rings is 2. The van der Waals surface area contributed by atoms with Crippen molar-refractivity contribution in [3.05, 3.63) is 59.3 Å². The number of rotatable bonds is 9. The van der Waals surface area contributed by atoms with Gasteiger partial charge in [0.25, 0.3) is 5.91 Å². The zero-order valence-electron chi connectivity index (χ0n) is 23.2. The number of carbonyl (C=O) groups excluding carboxylic acids is 1. The van der Waals surface area contributed by atoms with E-state index in [0.717, 1.165) is 65.4 Å². The Kier molecular flexibility index (Phi) is 9.50. The van der Waals surface area contributed by atoms with Gasteiger partial charge in [0.1, 0.15) is 17.7 Å². The van der Waals surface area contributed by atoms with Gasteiger partial charge in [-0.15, -0.1) is 0 Å². The van der Waals surface area contributed by atoms with Crippen molar-refractivity contribution >= 4 is 40.4 Å². The second-order valence-corrected chi connectivity index (χ2v) is 10.7. The molecular formula is C29H36ClFN8O2. The van der Waals surface area contributed by atoms with E-state index in [0.29, 0.717) is 28.9 Å². The average molecular weight is 583 g/mol. The molecule has 5 rings (SSSR count). The number of carbonyl (C=O) groups is 1. The summed E-state index contributed by atoms with van der Waals surface area (Å²) in [5.74, 6) is -0.365. The number of likely N-dealkylation sites (N-methyl/N-ethyl adjacent to an activating group) is 1. The number of piperazine rings is 1. The van der Waals surface area contributed by atoms with Gasteiger partial charge in [-0.2, -0.15) is 0 Å². The molecule has 1 aromatic heterocycles. The highest BCUT2D eigenvalue weighted by atomic mass is 35.5. The van der Waals surface area contributed by atoms with Crippen LogP contribution in [0.15, 0.2) is 42.7 Å². The highest BCUT2D eigenvalue weighted by Gasteiger charge is 2.23. The van der Waals surface area contributed by atoms with Gasteiger partial charge in [-0.05, 0) is 49.8 Å². The van der Waals surface area contributed by atoms with Gasteiger partial charge in [0, 0.05) is 56.9 Å². The summed E-state index contributed by atoms with van der Waals surface area (Å²) in [6.07, 6.45) is 2.15. The standard InChI is InChI=1S/C29H36ClFN8O2/c1-37-11-13-39(14-12-37)23-8-7-22(24(31)26(23)36-28-25(32)27(30)34-19-35-28)20-3-5-21(6-4-20)29(40)33-9-2-10-38-15-17-41-18-16-38/h3-8,19H,2,9-18,32H2,1H3,(H,33,40)(H,34,35,36). The normalized spacial score (nSPS) is 16.5. The van der Waals surface area contributed by atoms with Crippen molar-refractivity contribution in [3.8, 4) is 11.1 Å². The molecule has 2 saturated heterocycles. The summed E-state index contributed by atoms with van der Waals surface area (Å²) in [7, 11) is 2.07. The molecule has 0 radical (unpaired) electrons. The van der Waals surface area contributed by atoms with Gasteiger partial charge in [-0.25, -0.2) is 14.4 Å². The molecule has 2 fully saturated rings. The zero-order chi connectivity index (χ0) is 28.8. The predicted molar refractivity (Wildman–Crippen MR) is 160 cm³/mol. The molecule has 10 nitrogen and oxygen atoms in total. The number of amides is 1. The van der Waals surface area contributed by atoms with Crippen molar-refractivity contribution in [1.82, 2.24) is 25.1 Å². The molecule has 0 bridgehead atoms. The fourth-order valence-electron chi connectivity index (χ4n) is 5.04. The number of ether oxygens (including phenoxy) is 1. The number of anilines is 4. The maximum atomic E-state index is 16.3. The van der Waals surface area contributed by atoms with E-state index in [4.69, 9.17) is 22.1 Å². The summed E-state index contributed by atoms with van der Waals surface area (Å²) < 4.78 is 21.7. The van der Waals surface area contributed by atoms with E-state index in [1.807, 2.05) is 6.07 Å². The SMILES string of the molecule is CN1CCN(c2ccc(-c3ccc(C(=O)NCCCN4CCOCC4)cc3)c(F)c2Nc2ncnc(Cl)c2N)CC1. The predicted octanol–water partition coefficient (Wildman–Crippen LogP) is 3.47. The first-order valence-corrected chi connectivity index (χ1v) is 14.3. The molecule has 12 heteroatoms. The fourth-order valence-corrected chi connectivity index (χ4v) is 5.18. The lowest BCUT2D eigenvalue weighted by Gasteiger charge is -2.35. The first kappa shape index (κ1) is 29.0. The number of nitrogen functional groups attached to an aromatic ring is 1. The van der Waals surface area contributed by atoms with Crippen molar-refractivity contribution < 1.29 is 13.9 Å². The van der Waals surface area contributed by atoms with Gasteiger partial charge in [0.15, 0.2) is 16.8 Å². The third-order valence-electron chi connectivity index (χ3n) is 7.54. The molecule has 2 aliphatic rings. The molecule has 0 saturated carbocycles. The van der Waals surface area contributed by atoms with Crippen LogP contribution < -0.4 is 21.3 Å². The highest BCUT2D eigenvalue weighted by molar-refractivity contribution is 6.32. The number of nitrogens with one attached hydrogen (secondary N) is 2. The summed E-state index contributed by atoms with van der Waals surface area (Å²) >= 11 is 6.10. The van der Waals surface area contributed by atoms with E-state index < -0.39 is 5.82 Å². The molecule has 0 aliphatic carbocycles. The third-order valence-corrected chi connectivity index (χ3v) is 7.84. The van der Waals surface area contributed by atoms with Crippen molar-refractivity contribution in [2.75, 3.05) is 88.6 Å². The molecule has 3 aromatic rings. The quantitative estimate of drug-likeness (QED) is 0.258. The summed E-state index contributed by atoms with van der Waals surface area (Å²) in [6, 6.07) is 10.6. The molecule has 3 heterocycles. The molecule has 2 aromatic carbocycles. The topological polar surface area (TPSA) is 112 Å². The van der Waals surface area contributed by atoms with Crippen LogP contribution in [0.25, 0.3) is 11.1 Å². The molecule has 0 spiro atoms. The Balaban J connectivity index is 1.33. The van der Waals surface area contributed by atoms with Crippen LogP contribution >= 0.6 is 11.6 Å². The van der Waals surface area contributed by atoms with E-state index in [-0.39, 0.29) is 28.3 Å². The lowest BCUT2D eigenvalue weighted by molar-refractivity contribution is 0.0374. The van der Waals surface area contributed by atoms with Crippen molar-refractivity contribution in [2.24, 2.45) is 0 Å². The van der Waals surface area contributed by atoms with E-state index in [9.17, 15) is 4.79 Å². The van der Waals surface area contributed by atoms with Crippen LogP contribution in [0.2, 0.25) is 5.15 Å². The minimum Gasteiger partial charge on any atom is -0.393 e. The summed E-state index contributed by atoms with van der Waals surface area (Å²) in [6.45, 7) is 8.12. The van der Waals surface area contributed by atoms with E-state index in [1.165, 1.54) is 6.33 Å². The zero-order valence-corrected chi connectivity index (χ0v) is 24.0. The number of halogens is 2. The molecule has 41 heavy (non-hydrogen) atoms. The Morgan fingerprint density at radius 2 is 1.78 bits per heavy atom. The van der Waals surface area contributed by atoms with Gasteiger partial charge in [-0.3, -0.25) is 9.69 Å². The molecule has 0 atom stereocenters. The highest BCUT2D eigenvalue weighted by Crippen LogP contribution is 2.39. The monoisotopic (exact) mass is 582 g/mol. The van der Waals surface area contributed by atoms with Crippen molar-refractivity contribution in [1.29, 1.82) is 0 Å². The molecule has 2 aliphatic heterocycles. The summed E-state index contributed by atoms with van der Waals surface area (Å²) in [4.78, 5) is 27.5. The number of hydrogen-bond acceptors (Lipinski definition) is 9. The van der Waals surface area contributed by atoms with Crippen LogP contribution in [0, 0.1) is 5.82 Å². The summed E-state index contributed by atoms with van der Waals surface area (Å²) in [5, 5.41) is 6.16. The lowest BCUT2D eigenvalue weighted by atomic mass is 10.0. The molecule has 0 unspecified atom stereocenters. The van der Waals surface area contributed by atoms with E-state index >= 15 is 4.39 Å². The Bertz CT molecular complexity index is 1350. The van der Waals surface area contributed by atoms with Gasteiger partial charge in [0.2, 0.25) is 0 Å². The van der Waals surface area contributed by atoms with Crippen LogP contribution in [-0.4, -0.2) is 98.3 Å². The van der Waals surface area contributed by atoms with E-state index in [1.54, 1.807) is 30.3 Å². The number of nitrogens with two attached hydrogens (primary N) is 1. The lowest BCUT2D eigenvalue weighted by Crippen LogP contribution is -2.44. The average Bonchev–Trinajstić information content (AvgIpc) is 2.99. The molecule has 218 valence electrons. The molecule has 4 N–H and O–H groups in total. The maximum Gasteiger partial charge on any atom is 0.251 e. The van der Waals surface area contributed by atoms with Gasteiger partial charge in [-0.1, -0.05) is 23.7 Å². The number of aromatic nitrogens is 2. The number of nitrogens with zero attached hydrogens (tertiary/aromatic N) is 5. The van der Waals surface area contributed by atoms with Gasteiger partial charge in [0.05, 0.1) is 18.9 Å². The van der Waals surface area contributed by atoms with Crippen LogP contribution in [0.5, 0.6) is 0 Å². The smallest absolute Gasteiger partial charge is 0.251 e. The molecule has 1 amide bonds. The fraction of sp³-hybridized carbons (Fsp3) is 0.414. The van der Waals surface area contributed by atoms with Crippen LogP contribution in [0.3, 0.4) is 0 Å². The van der Waals surface area contributed by atoms with Crippen LogP contribution in [0.1, 0.15) is 16.8 Å². The first-order valence-electron chi connectivity index (χ1n) is 13.9. The van der Waals surface area contributed by atoms with Crippen LogP contribution in [0.4, 0.5) is 27.3 Å². The Morgan fingerprint density at radius 3 is 2.51 bits per heavy atom. The first-order chi connectivity index (χ1) is 19.9. The number of hydrogen-bond donors (Lipinski definition) is 3. The third kappa shape index (κ3) is 7.05. The van der Waals surface area contributed by atoms with Gasteiger partial charge < -0.3 is 30.9 Å². The second kappa shape index (κ2) is 13.4. The maximum absolute atomic E-state index is 16.3. The largest absolute Gasteiger partial charge is 0.393 e. The summed E-state index contributed by atoms with van der Waals surface area (Å²) in [5.41, 5.74) is 8.77. The Labute approximate surface area is 244 Å². The Hall–Kier alpha value is -3.51.